The lowest BCUT2D eigenvalue weighted by Gasteiger charge is -2.16. The highest BCUT2D eigenvalue weighted by atomic mass is 16.5. The molecule has 0 radical (unpaired) electrons. The summed E-state index contributed by atoms with van der Waals surface area (Å²) >= 11 is 0. The van der Waals surface area contributed by atoms with Gasteiger partial charge in [0.1, 0.15) is 11.4 Å². The molecule has 2 rings (SSSR count). The molecule has 1 aromatic heterocycles. The Balaban J connectivity index is 2.34. The van der Waals surface area contributed by atoms with Crippen LogP contribution in [0.3, 0.4) is 0 Å². The summed E-state index contributed by atoms with van der Waals surface area (Å²) < 4.78 is 6.97. The Morgan fingerprint density at radius 3 is 2.62 bits per heavy atom. The molecule has 0 unspecified atom stereocenters. The number of carbonyl (C=O) groups excluding carboxylic acids is 1. The van der Waals surface area contributed by atoms with E-state index in [9.17, 15) is 4.79 Å². The van der Waals surface area contributed by atoms with Crippen LogP contribution in [0, 0.1) is 6.92 Å². The monoisotopic (exact) mass is 287 g/mol. The topological polar surface area (TPSA) is 56.1 Å². The average Bonchev–Trinajstić information content (AvgIpc) is 2.86. The maximum Gasteiger partial charge on any atom is 0.273 e. The number of carbonyl (C=O) groups is 1. The summed E-state index contributed by atoms with van der Waals surface area (Å²) in [5.41, 5.74) is 3.36. The molecule has 1 N–H and O–H groups in total. The molecule has 5 heteroatoms. The second-order valence-electron chi connectivity index (χ2n) is 5.36. The van der Waals surface area contributed by atoms with E-state index in [2.05, 4.69) is 24.3 Å². The van der Waals surface area contributed by atoms with E-state index in [0.29, 0.717) is 11.6 Å². The van der Waals surface area contributed by atoms with E-state index in [4.69, 9.17) is 4.74 Å². The minimum absolute atomic E-state index is 0.169. The number of aromatic nitrogens is 2. The Hall–Kier alpha value is -2.30. The summed E-state index contributed by atoms with van der Waals surface area (Å²) in [6.45, 7) is 6.14. The Kier molecular flexibility index (Phi) is 4.31. The van der Waals surface area contributed by atoms with Crippen LogP contribution in [0.25, 0.3) is 0 Å². The number of anilines is 1. The number of hydrogen-bond acceptors (Lipinski definition) is 3. The van der Waals surface area contributed by atoms with E-state index in [1.54, 1.807) is 31.1 Å². The van der Waals surface area contributed by atoms with E-state index in [-0.39, 0.29) is 5.91 Å². The standard InChI is InChI=1S/C16H21N3O2/c1-10(2)12-9-13(11(3)8-15(12)21-5)18-16(20)14-6-7-17-19(14)4/h6-10H,1-5H3,(H,18,20). The Morgan fingerprint density at radius 2 is 2.10 bits per heavy atom. The molecule has 0 aliphatic carbocycles. The molecular formula is C16H21N3O2. The molecule has 0 saturated carbocycles. The maximum absolute atomic E-state index is 12.3. The molecule has 112 valence electrons. The molecule has 21 heavy (non-hydrogen) atoms. The van der Waals surface area contributed by atoms with Crippen molar-refractivity contribution in [1.29, 1.82) is 0 Å². The van der Waals surface area contributed by atoms with Crippen LogP contribution in [0.2, 0.25) is 0 Å². The van der Waals surface area contributed by atoms with Crippen molar-refractivity contribution in [1.82, 2.24) is 9.78 Å². The molecule has 0 aliphatic rings. The van der Waals surface area contributed by atoms with Crippen LogP contribution in [0.4, 0.5) is 5.69 Å². The van der Waals surface area contributed by atoms with Crippen molar-refractivity contribution in [3.8, 4) is 5.75 Å². The molecule has 0 spiro atoms. The van der Waals surface area contributed by atoms with Gasteiger partial charge in [0, 0.05) is 18.9 Å². The number of ether oxygens (including phenoxy) is 1. The smallest absolute Gasteiger partial charge is 0.273 e. The SMILES string of the molecule is COc1cc(C)c(NC(=O)c2ccnn2C)cc1C(C)C. The quantitative estimate of drug-likeness (QED) is 0.940. The molecule has 0 fully saturated rings. The summed E-state index contributed by atoms with van der Waals surface area (Å²) in [6.07, 6.45) is 1.61. The highest BCUT2D eigenvalue weighted by Crippen LogP contribution is 2.32. The van der Waals surface area contributed by atoms with Gasteiger partial charge in [0.05, 0.1) is 7.11 Å². The van der Waals surface area contributed by atoms with Gasteiger partial charge in [-0.25, -0.2) is 0 Å². The predicted molar refractivity (Wildman–Crippen MR) is 83.0 cm³/mol. The van der Waals surface area contributed by atoms with Crippen molar-refractivity contribution in [3.05, 3.63) is 41.2 Å². The molecule has 0 bridgehead atoms. The minimum Gasteiger partial charge on any atom is -0.496 e. The molecule has 5 nitrogen and oxygen atoms in total. The molecule has 1 amide bonds. The van der Waals surface area contributed by atoms with Gasteiger partial charge < -0.3 is 10.1 Å². The second kappa shape index (κ2) is 5.99. The van der Waals surface area contributed by atoms with Gasteiger partial charge in [-0.05, 0) is 42.2 Å². The summed E-state index contributed by atoms with van der Waals surface area (Å²) in [6, 6.07) is 5.62. The zero-order valence-corrected chi connectivity index (χ0v) is 13.1. The zero-order valence-electron chi connectivity index (χ0n) is 13.1. The Bertz CT molecular complexity index is 660. The van der Waals surface area contributed by atoms with Gasteiger partial charge in [-0.2, -0.15) is 5.10 Å². The van der Waals surface area contributed by atoms with E-state index in [1.165, 1.54) is 0 Å². The number of aryl methyl sites for hydroxylation is 2. The van der Waals surface area contributed by atoms with Gasteiger partial charge in [-0.3, -0.25) is 9.48 Å². The molecule has 0 atom stereocenters. The van der Waals surface area contributed by atoms with Crippen molar-refractivity contribution in [2.24, 2.45) is 7.05 Å². The summed E-state index contributed by atoms with van der Waals surface area (Å²) in [7, 11) is 3.41. The largest absolute Gasteiger partial charge is 0.496 e. The molecule has 0 saturated heterocycles. The fourth-order valence-corrected chi connectivity index (χ4v) is 2.24. The Labute approximate surface area is 124 Å². The number of amides is 1. The first-order chi connectivity index (χ1) is 9.93. The first-order valence-corrected chi connectivity index (χ1v) is 6.92. The van der Waals surface area contributed by atoms with Crippen molar-refractivity contribution < 1.29 is 9.53 Å². The summed E-state index contributed by atoms with van der Waals surface area (Å²) in [5.74, 6) is 0.993. The molecule has 0 aliphatic heterocycles. The van der Waals surface area contributed by atoms with Gasteiger partial charge in [-0.1, -0.05) is 13.8 Å². The van der Waals surface area contributed by atoms with Gasteiger partial charge in [-0.15, -0.1) is 0 Å². The van der Waals surface area contributed by atoms with E-state index >= 15 is 0 Å². The number of nitrogens with one attached hydrogen (secondary N) is 1. The second-order valence-corrected chi connectivity index (χ2v) is 5.36. The Morgan fingerprint density at radius 1 is 1.38 bits per heavy atom. The average molecular weight is 287 g/mol. The lowest BCUT2D eigenvalue weighted by molar-refractivity contribution is 0.101. The van der Waals surface area contributed by atoms with Crippen LogP contribution in [0.15, 0.2) is 24.4 Å². The molecule has 2 aromatic rings. The van der Waals surface area contributed by atoms with Crippen molar-refractivity contribution in [2.75, 3.05) is 12.4 Å². The lowest BCUT2D eigenvalue weighted by Crippen LogP contribution is -2.17. The third-order valence-corrected chi connectivity index (χ3v) is 3.50. The van der Waals surface area contributed by atoms with Crippen LogP contribution in [0.5, 0.6) is 5.75 Å². The van der Waals surface area contributed by atoms with Gasteiger partial charge in [0.15, 0.2) is 0 Å². The number of rotatable bonds is 4. The van der Waals surface area contributed by atoms with E-state index < -0.39 is 0 Å². The van der Waals surface area contributed by atoms with Crippen LogP contribution in [0.1, 0.15) is 41.4 Å². The van der Waals surface area contributed by atoms with E-state index in [1.807, 2.05) is 19.1 Å². The minimum atomic E-state index is -0.169. The van der Waals surface area contributed by atoms with Crippen LogP contribution in [-0.2, 0) is 7.05 Å². The van der Waals surface area contributed by atoms with Gasteiger partial charge in [0.25, 0.3) is 5.91 Å². The highest BCUT2D eigenvalue weighted by molar-refractivity contribution is 6.03. The van der Waals surface area contributed by atoms with Gasteiger partial charge in [0.2, 0.25) is 0 Å². The van der Waals surface area contributed by atoms with E-state index in [0.717, 1.165) is 22.6 Å². The van der Waals surface area contributed by atoms with Crippen molar-refractivity contribution >= 4 is 11.6 Å². The number of benzene rings is 1. The van der Waals surface area contributed by atoms with Crippen LogP contribution >= 0.6 is 0 Å². The summed E-state index contributed by atoms with van der Waals surface area (Å²) in [4.78, 5) is 12.3. The fourth-order valence-electron chi connectivity index (χ4n) is 2.24. The lowest BCUT2D eigenvalue weighted by atomic mass is 9.99. The maximum atomic E-state index is 12.3. The van der Waals surface area contributed by atoms with Crippen molar-refractivity contribution in [2.45, 2.75) is 26.7 Å². The fraction of sp³-hybridized carbons (Fsp3) is 0.375. The normalized spacial score (nSPS) is 10.8. The van der Waals surface area contributed by atoms with Crippen molar-refractivity contribution in [3.63, 3.8) is 0 Å². The predicted octanol–water partition coefficient (Wildman–Crippen LogP) is 3.11. The molecule has 1 aromatic carbocycles. The number of methoxy groups -OCH3 is 1. The number of hydrogen-bond donors (Lipinski definition) is 1. The molecular weight excluding hydrogens is 266 g/mol. The van der Waals surface area contributed by atoms with Gasteiger partial charge >= 0.3 is 0 Å². The third kappa shape index (κ3) is 3.07. The first-order valence-electron chi connectivity index (χ1n) is 6.92. The van der Waals surface area contributed by atoms with Crippen LogP contribution < -0.4 is 10.1 Å². The third-order valence-electron chi connectivity index (χ3n) is 3.50. The summed E-state index contributed by atoms with van der Waals surface area (Å²) in [5, 5.41) is 6.96. The first kappa shape index (κ1) is 15.1. The zero-order chi connectivity index (χ0) is 15.6. The molecule has 1 heterocycles. The van der Waals surface area contributed by atoms with Crippen LogP contribution in [-0.4, -0.2) is 22.8 Å². The highest BCUT2D eigenvalue weighted by Gasteiger charge is 2.15. The number of nitrogens with zero attached hydrogens (tertiary/aromatic N) is 2.